The Morgan fingerprint density at radius 1 is 1.12 bits per heavy atom. The summed E-state index contributed by atoms with van der Waals surface area (Å²) in [6.45, 7) is 4.77. The maximum atomic E-state index is 11.7. The molecule has 4 aromatic rings. The summed E-state index contributed by atoms with van der Waals surface area (Å²) in [7, 11) is 0. The number of rotatable bonds is 11. The Balaban J connectivity index is 1.45. The Labute approximate surface area is 198 Å². The second-order valence-electron chi connectivity index (χ2n) is 8.63. The van der Waals surface area contributed by atoms with Crippen molar-refractivity contribution in [3.05, 3.63) is 66.2 Å². The molecule has 0 radical (unpaired) electrons. The van der Waals surface area contributed by atoms with Gasteiger partial charge in [0.1, 0.15) is 12.2 Å². The van der Waals surface area contributed by atoms with Gasteiger partial charge in [0.05, 0.1) is 12.5 Å². The maximum Gasteiger partial charge on any atom is 0.306 e. The van der Waals surface area contributed by atoms with Crippen molar-refractivity contribution in [1.82, 2.24) is 35.4 Å². The number of aliphatic carboxylic acids is 1. The van der Waals surface area contributed by atoms with Gasteiger partial charge in [-0.1, -0.05) is 68.8 Å². The summed E-state index contributed by atoms with van der Waals surface area (Å²) in [6.07, 6.45) is 4.35. The lowest BCUT2D eigenvalue weighted by molar-refractivity contribution is -0.142. The highest BCUT2D eigenvalue weighted by atomic mass is 16.4. The lowest BCUT2D eigenvalue weighted by Gasteiger charge is -2.16. The van der Waals surface area contributed by atoms with Crippen molar-refractivity contribution in [2.75, 3.05) is 0 Å². The van der Waals surface area contributed by atoms with Crippen molar-refractivity contribution in [3.63, 3.8) is 0 Å². The molecule has 0 aliphatic carbocycles. The molecule has 2 heterocycles. The van der Waals surface area contributed by atoms with E-state index >= 15 is 0 Å². The molecule has 9 heteroatoms. The van der Waals surface area contributed by atoms with Crippen LogP contribution in [0.4, 0.5) is 0 Å². The minimum Gasteiger partial charge on any atom is -0.481 e. The zero-order valence-corrected chi connectivity index (χ0v) is 19.4. The third kappa shape index (κ3) is 5.54. The number of tetrazole rings is 1. The van der Waals surface area contributed by atoms with Crippen molar-refractivity contribution >= 4 is 5.97 Å². The highest BCUT2D eigenvalue weighted by Crippen LogP contribution is 2.30. The fourth-order valence-corrected chi connectivity index (χ4v) is 4.08. The summed E-state index contributed by atoms with van der Waals surface area (Å²) in [5.41, 5.74) is 4.07. The first kappa shape index (κ1) is 23.3. The van der Waals surface area contributed by atoms with Gasteiger partial charge in [-0.05, 0) is 40.7 Å². The van der Waals surface area contributed by atoms with Gasteiger partial charge in [-0.25, -0.2) is 9.67 Å². The van der Waals surface area contributed by atoms with Gasteiger partial charge in [0, 0.05) is 12.0 Å². The average Bonchev–Trinajstić information content (AvgIpc) is 3.54. The molecule has 0 amide bonds. The maximum absolute atomic E-state index is 11.7. The fourth-order valence-electron chi connectivity index (χ4n) is 4.08. The van der Waals surface area contributed by atoms with Crippen molar-refractivity contribution < 1.29 is 9.90 Å². The standard InChI is InChI=1S/C25H29N7O2/c1-3-17(2)14-20(25(33)34)12-13-23-26-16-27-32(23)15-18-8-10-19(11-9-18)21-6-4-5-7-22(21)24-28-30-31-29-24/h4-11,16-17,20H,3,12-15H2,1-2H3,(H,33,34)(H,28,29,30,31). The largest absolute Gasteiger partial charge is 0.481 e. The minimum atomic E-state index is -0.733. The molecule has 2 aromatic heterocycles. The number of aryl methyl sites for hydroxylation is 1. The zero-order chi connectivity index (χ0) is 23.9. The van der Waals surface area contributed by atoms with E-state index in [0.29, 0.717) is 37.5 Å². The predicted octanol–water partition coefficient (Wildman–Crippen LogP) is 4.24. The molecular formula is C25H29N7O2. The Morgan fingerprint density at radius 3 is 2.56 bits per heavy atom. The van der Waals surface area contributed by atoms with E-state index in [-0.39, 0.29) is 5.92 Å². The van der Waals surface area contributed by atoms with Crippen LogP contribution < -0.4 is 0 Å². The van der Waals surface area contributed by atoms with Crippen LogP contribution in [-0.2, 0) is 17.8 Å². The van der Waals surface area contributed by atoms with Crippen molar-refractivity contribution in [3.8, 4) is 22.5 Å². The predicted molar refractivity (Wildman–Crippen MR) is 128 cm³/mol. The lowest BCUT2D eigenvalue weighted by Crippen LogP contribution is -2.18. The molecule has 176 valence electrons. The number of benzene rings is 2. The molecule has 0 saturated carbocycles. The van der Waals surface area contributed by atoms with Crippen LogP contribution in [0.2, 0.25) is 0 Å². The van der Waals surface area contributed by atoms with E-state index in [9.17, 15) is 9.90 Å². The SMILES string of the molecule is CCC(C)CC(CCc1ncnn1Cc1ccc(-c2ccccc2-c2nn[nH]n2)cc1)C(=O)O. The minimum absolute atomic E-state index is 0.362. The smallest absolute Gasteiger partial charge is 0.306 e. The van der Waals surface area contributed by atoms with Gasteiger partial charge in [-0.3, -0.25) is 4.79 Å². The lowest BCUT2D eigenvalue weighted by atomic mass is 9.90. The van der Waals surface area contributed by atoms with Gasteiger partial charge in [0.2, 0.25) is 5.82 Å². The van der Waals surface area contributed by atoms with Crippen LogP contribution in [0.3, 0.4) is 0 Å². The van der Waals surface area contributed by atoms with Gasteiger partial charge in [0.25, 0.3) is 0 Å². The number of hydrogen-bond acceptors (Lipinski definition) is 6. The molecule has 0 aliphatic rings. The second kappa shape index (κ2) is 10.8. The first-order valence-corrected chi connectivity index (χ1v) is 11.6. The van der Waals surface area contributed by atoms with E-state index in [1.54, 1.807) is 0 Å². The molecule has 0 fully saturated rings. The quantitative estimate of drug-likeness (QED) is 0.344. The van der Waals surface area contributed by atoms with Gasteiger partial charge in [-0.2, -0.15) is 10.3 Å². The van der Waals surface area contributed by atoms with Gasteiger partial charge >= 0.3 is 5.97 Å². The first-order chi connectivity index (χ1) is 16.5. The molecule has 2 N–H and O–H groups in total. The molecular weight excluding hydrogens is 430 g/mol. The van der Waals surface area contributed by atoms with Crippen LogP contribution >= 0.6 is 0 Å². The van der Waals surface area contributed by atoms with Crippen molar-refractivity contribution in [2.24, 2.45) is 11.8 Å². The number of aromatic amines is 1. The summed E-state index contributed by atoms with van der Waals surface area (Å²) in [5, 5.41) is 28.4. The van der Waals surface area contributed by atoms with Gasteiger partial charge < -0.3 is 5.11 Å². The van der Waals surface area contributed by atoms with Crippen molar-refractivity contribution in [2.45, 2.75) is 46.1 Å². The van der Waals surface area contributed by atoms with E-state index in [2.05, 4.69) is 68.8 Å². The first-order valence-electron chi connectivity index (χ1n) is 11.6. The highest BCUT2D eigenvalue weighted by Gasteiger charge is 2.21. The Morgan fingerprint density at radius 2 is 1.88 bits per heavy atom. The summed E-state index contributed by atoms with van der Waals surface area (Å²) >= 11 is 0. The van der Waals surface area contributed by atoms with Crippen LogP contribution in [0.1, 0.15) is 44.5 Å². The van der Waals surface area contributed by atoms with Gasteiger partial charge in [-0.15, -0.1) is 10.2 Å². The summed E-state index contributed by atoms with van der Waals surface area (Å²) < 4.78 is 1.85. The molecule has 0 spiro atoms. The Kier molecular flexibility index (Phi) is 7.41. The monoisotopic (exact) mass is 459 g/mol. The van der Waals surface area contributed by atoms with E-state index in [4.69, 9.17) is 0 Å². The summed E-state index contributed by atoms with van der Waals surface area (Å²) in [5.74, 6) is 0.659. The molecule has 2 unspecified atom stereocenters. The van der Waals surface area contributed by atoms with Crippen LogP contribution in [0.5, 0.6) is 0 Å². The number of nitrogens with zero attached hydrogens (tertiary/aromatic N) is 6. The van der Waals surface area contributed by atoms with Gasteiger partial charge in [0.15, 0.2) is 0 Å². The van der Waals surface area contributed by atoms with Crippen LogP contribution in [-0.4, -0.2) is 46.5 Å². The second-order valence-corrected chi connectivity index (χ2v) is 8.63. The van der Waals surface area contributed by atoms with E-state index in [1.807, 2.05) is 28.9 Å². The normalized spacial score (nSPS) is 13.0. The average molecular weight is 460 g/mol. The summed E-state index contributed by atoms with van der Waals surface area (Å²) in [4.78, 5) is 16.1. The third-order valence-electron chi connectivity index (χ3n) is 6.26. The fraction of sp³-hybridized carbons (Fsp3) is 0.360. The molecule has 2 atom stereocenters. The third-order valence-corrected chi connectivity index (χ3v) is 6.26. The Bertz CT molecular complexity index is 1200. The molecule has 0 saturated heterocycles. The van der Waals surface area contributed by atoms with Crippen LogP contribution in [0, 0.1) is 11.8 Å². The highest BCUT2D eigenvalue weighted by molar-refractivity contribution is 5.80. The molecule has 4 rings (SSSR count). The number of carbonyl (C=O) groups is 1. The van der Waals surface area contributed by atoms with Crippen molar-refractivity contribution in [1.29, 1.82) is 0 Å². The number of carboxylic acids is 1. The number of hydrogen-bond donors (Lipinski definition) is 2. The summed E-state index contributed by atoms with van der Waals surface area (Å²) in [6, 6.07) is 16.2. The molecule has 9 nitrogen and oxygen atoms in total. The topological polar surface area (TPSA) is 122 Å². The molecule has 0 bridgehead atoms. The number of H-pyrrole nitrogens is 1. The molecule has 34 heavy (non-hydrogen) atoms. The number of aromatic nitrogens is 7. The number of carboxylic acid groups (broad SMARTS) is 1. The zero-order valence-electron chi connectivity index (χ0n) is 19.4. The van der Waals surface area contributed by atoms with E-state index in [1.165, 1.54) is 6.33 Å². The van der Waals surface area contributed by atoms with E-state index < -0.39 is 5.97 Å². The number of nitrogens with one attached hydrogen (secondary N) is 1. The molecule has 0 aliphatic heterocycles. The molecule has 2 aromatic carbocycles. The van der Waals surface area contributed by atoms with Crippen LogP contribution in [0.15, 0.2) is 54.9 Å². The Hall–Kier alpha value is -3.88. The van der Waals surface area contributed by atoms with E-state index in [0.717, 1.165) is 34.5 Å². The van der Waals surface area contributed by atoms with Crippen LogP contribution in [0.25, 0.3) is 22.5 Å².